The molecule has 11 nitrogen and oxygen atoms in total. The van der Waals surface area contributed by atoms with E-state index in [1.54, 1.807) is 4.68 Å². The Morgan fingerprint density at radius 3 is 2.39 bits per heavy atom. The van der Waals surface area contributed by atoms with Crippen LogP contribution in [0.25, 0.3) is 11.3 Å². The zero-order valence-electron chi connectivity index (χ0n) is 36.3. The van der Waals surface area contributed by atoms with E-state index in [-0.39, 0.29) is 35.0 Å². The Labute approximate surface area is 355 Å². The maximum atomic E-state index is 13.9. The van der Waals surface area contributed by atoms with E-state index >= 15 is 0 Å². The van der Waals surface area contributed by atoms with Crippen molar-refractivity contribution >= 4 is 37.4 Å². The number of pyridine rings is 1. The van der Waals surface area contributed by atoms with E-state index in [4.69, 9.17) is 25.9 Å². The lowest BCUT2D eigenvalue weighted by Gasteiger charge is -2.42. The van der Waals surface area contributed by atoms with Crippen LogP contribution in [-0.2, 0) is 10.8 Å². The maximum absolute atomic E-state index is 13.9. The van der Waals surface area contributed by atoms with Crippen LogP contribution in [0.15, 0.2) is 66.9 Å². The summed E-state index contributed by atoms with van der Waals surface area (Å²) in [6, 6.07) is 20.3. The van der Waals surface area contributed by atoms with E-state index in [2.05, 4.69) is 124 Å². The molecule has 2 aromatic carbocycles. The van der Waals surface area contributed by atoms with Crippen LogP contribution in [0.5, 0.6) is 11.5 Å². The Morgan fingerprint density at radius 1 is 0.966 bits per heavy atom. The summed E-state index contributed by atoms with van der Waals surface area (Å²) in [7, 11) is -0.0686. The van der Waals surface area contributed by atoms with Gasteiger partial charge in [-0.2, -0.15) is 5.10 Å². The van der Waals surface area contributed by atoms with Crippen molar-refractivity contribution in [2.24, 2.45) is 0 Å². The van der Waals surface area contributed by atoms with E-state index in [1.165, 1.54) is 11.1 Å². The number of ether oxygens (including phenoxy) is 1. The van der Waals surface area contributed by atoms with Crippen molar-refractivity contribution in [2.75, 3.05) is 18.9 Å². The molecular formula is C46H61ClN8O3Si. The highest BCUT2D eigenvalue weighted by Gasteiger charge is 2.59. The fourth-order valence-corrected chi connectivity index (χ4v) is 15.8. The minimum Gasteiger partial charge on any atom is -0.542 e. The Balaban J connectivity index is 0.989. The largest absolute Gasteiger partial charge is 0.542 e. The average Bonchev–Trinajstić information content (AvgIpc) is 3.53. The van der Waals surface area contributed by atoms with E-state index < -0.39 is 8.32 Å². The zero-order valence-corrected chi connectivity index (χ0v) is 38.1. The van der Waals surface area contributed by atoms with Crippen LogP contribution in [0.1, 0.15) is 129 Å². The van der Waals surface area contributed by atoms with E-state index in [9.17, 15) is 4.79 Å². The van der Waals surface area contributed by atoms with E-state index in [1.807, 2.05) is 42.6 Å². The van der Waals surface area contributed by atoms with Crippen LogP contribution in [0.3, 0.4) is 0 Å². The molecule has 4 heterocycles. The monoisotopic (exact) mass is 836 g/mol. The number of halogens is 1. The number of hydrogen-bond acceptors (Lipinski definition) is 7. The topological polar surface area (TPSA) is 111 Å². The molecule has 1 aliphatic heterocycles. The molecule has 3 aromatic heterocycles. The molecule has 1 saturated carbocycles. The number of carbonyl (C=O) groups is 1. The molecule has 2 aliphatic carbocycles. The number of fused-ring (bicyclic) bond motifs is 3. The highest BCUT2D eigenvalue weighted by atomic mass is 35.5. The zero-order chi connectivity index (χ0) is 42.0. The molecule has 0 unspecified atom stereocenters. The second kappa shape index (κ2) is 15.6. The minimum atomic E-state index is -2.22. The first-order valence-electron chi connectivity index (χ1n) is 21.5. The van der Waals surface area contributed by atoms with Gasteiger partial charge in [0, 0.05) is 22.9 Å². The van der Waals surface area contributed by atoms with Crippen LogP contribution in [-0.4, -0.2) is 63.3 Å². The number of anilines is 1. The molecular weight excluding hydrogens is 776 g/mol. The van der Waals surface area contributed by atoms with Gasteiger partial charge >= 0.3 is 6.03 Å². The number of aromatic nitrogens is 5. The van der Waals surface area contributed by atoms with Gasteiger partial charge < -0.3 is 14.5 Å². The molecule has 1 spiro atoms. The Kier molecular flexibility index (Phi) is 10.9. The van der Waals surface area contributed by atoms with Crippen LogP contribution in [0.2, 0.25) is 21.6 Å². The normalized spacial score (nSPS) is 22.1. The third-order valence-corrected chi connectivity index (χ3v) is 19.7. The van der Waals surface area contributed by atoms with Crippen molar-refractivity contribution < 1.29 is 14.0 Å². The van der Waals surface area contributed by atoms with Gasteiger partial charge in [0.05, 0.1) is 28.6 Å². The van der Waals surface area contributed by atoms with Crippen molar-refractivity contribution in [1.29, 1.82) is 0 Å². The lowest BCUT2D eigenvalue weighted by atomic mass is 9.78. The molecule has 59 heavy (non-hydrogen) atoms. The van der Waals surface area contributed by atoms with Gasteiger partial charge in [0.1, 0.15) is 23.4 Å². The standard InChI is InChI=1S/C46H61ClN8O3Si/c1-28(2)59(29(3)4,30(5)6)58-38-19-17-31(24-35(38)47)55-42(25-39(52-55)45(7,8)9)49-44(56)48-40-26-46(40)22-21-37(33-14-11-12-15-34(33)46)57-32-18-20-41-50-51-43(54(41)27-32)36-16-13-23-53(36)10/h11-12,14-15,17-20,24-25,27-30,36-37,40H,13,16,21-23,26H2,1-10H3,(H2,48,49,56)/t36-,37+,40-,46-/m0/s1. The second-order valence-corrected chi connectivity index (χ2v) is 24.9. The van der Waals surface area contributed by atoms with Crippen LogP contribution >= 0.6 is 11.6 Å². The van der Waals surface area contributed by atoms with Gasteiger partial charge in [-0.15, -0.1) is 10.2 Å². The Morgan fingerprint density at radius 2 is 1.71 bits per heavy atom. The van der Waals surface area contributed by atoms with E-state index in [0.717, 1.165) is 67.3 Å². The first-order chi connectivity index (χ1) is 28.0. The fraction of sp³-hybridized carbons (Fsp3) is 0.522. The molecule has 2 amide bonds. The van der Waals surface area contributed by atoms with Gasteiger partial charge in [-0.05, 0) is 104 Å². The molecule has 2 N–H and O–H groups in total. The smallest absolute Gasteiger partial charge is 0.320 e. The molecule has 2 fully saturated rings. The summed E-state index contributed by atoms with van der Waals surface area (Å²) in [5.41, 5.74) is 5.70. The third-order valence-electron chi connectivity index (χ3n) is 13.4. The number of nitrogens with zero attached hydrogens (tertiary/aromatic N) is 6. The summed E-state index contributed by atoms with van der Waals surface area (Å²) in [5.74, 6) is 3.04. The molecule has 4 atom stereocenters. The van der Waals surface area contributed by atoms with Crippen molar-refractivity contribution in [3.63, 3.8) is 0 Å². The van der Waals surface area contributed by atoms with Gasteiger partial charge in [0.15, 0.2) is 11.5 Å². The van der Waals surface area contributed by atoms with Crippen LogP contribution in [0, 0.1) is 0 Å². The van der Waals surface area contributed by atoms with Crippen molar-refractivity contribution in [2.45, 2.75) is 140 Å². The van der Waals surface area contributed by atoms with Gasteiger partial charge in [-0.25, -0.2) is 9.48 Å². The van der Waals surface area contributed by atoms with Crippen LogP contribution in [0.4, 0.5) is 10.6 Å². The summed E-state index contributed by atoms with van der Waals surface area (Å²) < 4.78 is 17.6. The number of hydrogen-bond donors (Lipinski definition) is 2. The van der Waals surface area contributed by atoms with E-state index in [0.29, 0.717) is 33.2 Å². The third kappa shape index (κ3) is 7.54. The summed E-state index contributed by atoms with van der Waals surface area (Å²) in [6.45, 7) is 21.0. The SMILES string of the molecule is CC(C)[Si](Oc1ccc(-n2nc(C(C)(C)C)cc2NC(=O)N[C@H]2C[C@]23CC[C@@H](Oc2ccc4nnc([C@@H]5CCCN5C)n4c2)c2ccccc23)cc1Cl)(C(C)C)C(C)C. The minimum absolute atomic E-state index is 0.0134. The number of likely N-dealkylation sites (tertiary alicyclic amines) is 1. The summed E-state index contributed by atoms with van der Waals surface area (Å²) >= 11 is 7.00. The first kappa shape index (κ1) is 41.3. The summed E-state index contributed by atoms with van der Waals surface area (Å²) in [6.07, 6.45) is 6.78. The molecule has 5 aromatic rings. The first-order valence-corrected chi connectivity index (χ1v) is 24.0. The lowest BCUT2D eigenvalue weighted by Crippen LogP contribution is -2.50. The molecule has 314 valence electrons. The highest BCUT2D eigenvalue weighted by molar-refractivity contribution is 6.78. The predicted molar refractivity (Wildman–Crippen MR) is 238 cm³/mol. The Bertz CT molecular complexity index is 2330. The molecule has 3 aliphatic rings. The predicted octanol–water partition coefficient (Wildman–Crippen LogP) is 10.9. The van der Waals surface area contributed by atoms with Gasteiger partial charge in [0.25, 0.3) is 8.32 Å². The second-order valence-electron chi connectivity index (χ2n) is 19.1. The quantitative estimate of drug-likeness (QED) is 0.127. The molecule has 0 radical (unpaired) electrons. The number of benzene rings is 2. The Hall–Kier alpha value is -4.39. The number of amides is 2. The number of rotatable bonds is 11. The number of urea groups is 1. The fourth-order valence-electron chi connectivity index (χ4n) is 10.3. The van der Waals surface area contributed by atoms with Crippen molar-refractivity contribution in [3.8, 4) is 17.2 Å². The molecule has 13 heteroatoms. The van der Waals surface area contributed by atoms with Gasteiger partial charge in [0.2, 0.25) is 0 Å². The lowest BCUT2D eigenvalue weighted by molar-refractivity contribution is 0.171. The number of carbonyl (C=O) groups excluding carboxylic acids is 1. The molecule has 8 rings (SSSR count). The molecule has 0 bridgehead atoms. The molecule has 1 saturated heterocycles. The van der Waals surface area contributed by atoms with Crippen molar-refractivity contribution in [1.82, 2.24) is 34.6 Å². The van der Waals surface area contributed by atoms with Crippen molar-refractivity contribution in [3.05, 3.63) is 94.5 Å². The van der Waals surface area contributed by atoms with Gasteiger partial charge in [-0.1, -0.05) is 98.2 Å². The maximum Gasteiger partial charge on any atom is 0.320 e. The average molecular weight is 838 g/mol. The summed E-state index contributed by atoms with van der Waals surface area (Å²) in [4.78, 5) is 16.2. The van der Waals surface area contributed by atoms with Gasteiger partial charge in [-0.3, -0.25) is 14.6 Å². The highest BCUT2D eigenvalue weighted by Crippen LogP contribution is 2.58. The number of nitrogens with one attached hydrogen (secondary N) is 2. The van der Waals surface area contributed by atoms with Crippen LogP contribution < -0.4 is 19.8 Å². The summed E-state index contributed by atoms with van der Waals surface area (Å²) in [5, 5.41) is 21.0.